The highest BCUT2D eigenvalue weighted by atomic mass is 16.7. The predicted molar refractivity (Wildman–Crippen MR) is 91.3 cm³/mol. The second kappa shape index (κ2) is 5.28. The van der Waals surface area contributed by atoms with Gasteiger partial charge in [-0.25, -0.2) is 20.1 Å². The van der Waals surface area contributed by atoms with Crippen LogP contribution in [0, 0.1) is 5.41 Å². The highest BCUT2D eigenvalue weighted by molar-refractivity contribution is 5.98. The number of aryl methyl sites for hydroxylation is 1. The number of H-pyrrole nitrogens is 1. The maximum absolute atomic E-state index is 12.1. The largest absolute Gasteiger partial charge is 0.375 e. The molecule has 0 atom stereocenters. The number of nitrogens with zero attached hydrogens (tertiary/aromatic N) is 2. The van der Waals surface area contributed by atoms with Crippen LogP contribution in [-0.4, -0.2) is 33.3 Å². The fourth-order valence-electron chi connectivity index (χ4n) is 4.30. The Hall–Kier alpha value is -1.93. The lowest BCUT2D eigenvalue weighted by Gasteiger charge is -2.39. The summed E-state index contributed by atoms with van der Waals surface area (Å²) in [5, 5.41) is 0. The molecule has 1 aliphatic carbocycles. The fraction of sp³-hybridized carbons (Fsp3) is 0.706. The SMILES string of the molecule is Cn1cc(C2=NC3(CCC4(CC3)COC(C)(C)C4)ON2)c(=O)[nH]c1=O. The molecule has 2 fully saturated rings. The van der Waals surface area contributed by atoms with Crippen molar-refractivity contribution in [3.8, 4) is 0 Å². The third-order valence-electron chi connectivity index (χ3n) is 5.68. The monoisotopic (exact) mass is 348 g/mol. The van der Waals surface area contributed by atoms with Crippen LogP contribution in [0.25, 0.3) is 0 Å². The summed E-state index contributed by atoms with van der Waals surface area (Å²) in [6, 6.07) is 0. The molecule has 1 saturated carbocycles. The number of aromatic nitrogens is 2. The molecule has 0 unspecified atom stereocenters. The number of hydrogen-bond donors (Lipinski definition) is 2. The number of aromatic amines is 1. The maximum Gasteiger partial charge on any atom is 0.328 e. The molecule has 0 bridgehead atoms. The summed E-state index contributed by atoms with van der Waals surface area (Å²) < 4.78 is 7.26. The van der Waals surface area contributed by atoms with Crippen molar-refractivity contribution < 1.29 is 9.57 Å². The van der Waals surface area contributed by atoms with Gasteiger partial charge < -0.3 is 9.30 Å². The minimum atomic E-state index is -0.630. The quantitative estimate of drug-likeness (QED) is 0.783. The average molecular weight is 348 g/mol. The first-order valence-electron chi connectivity index (χ1n) is 8.70. The van der Waals surface area contributed by atoms with E-state index in [0.717, 1.165) is 38.7 Å². The van der Waals surface area contributed by atoms with Gasteiger partial charge in [-0.05, 0) is 38.5 Å². The number of amidine groups is 1. The van der Waals surface area contributed by atoms with Gasteiger partial charge in [0, 0.05) is 26.1 Å². The van der Waals surface area contributed by atoms with E-state index in [1.807, 2.05) is 0 Å². The van der Waals surface area contributed by atoms with Crippen LogP contribution in [0.5, 0.6) is 0 Å². The van der Waals surface area contributed by atoms with E-state index in [-0.39, 0.29) is 11.0 Å². The van der Waals surface area contributed by atoms with Gasteiger partial charge in [-0.3, -0.25) is 9.78 Å². The Morgan fingerprint density at radius 2 is 1.92 bits per heavy atom. The van der Waals surface area contributed by atoms with Crippen molar-refractivity contribution in [3.63, 3.8) is 0 Å². The van der Waals surface area contributed by atoms with Crippen molar-refractivity contribution in [1.82, 2.24) is 15.0 Å². The Labute approximate surface area is 145 Å². The van der Waals surface area contributed by atoms with Gasteiger partial charge in [-0.1, -0.05) is 0 Å². The first-order chi connectivity index (χ1) is 11.7. The second-order valence-electron chi connectivity index (χ2n) is 8.25. The van der Waals surface area contributed by atoms with Gasteiger partial charge in [-0.15, -0.1) is 0 Å². The smallest absolute Gasteiger partial charge is 0.328 e. The third-order valence-corrected chi connectivity index (χ3v) is 5.68. The lowest BCUT2D eigenvalue weighted by Crippen LogP contribution is -2.40. The Morgan fingerprint density at radius 3 is 2.56 bits per heavy atom. The van der Waals surface area contributed by atoms with Gasteiger partial charge >= 0.3 is 5.69 Å². The van der Waals surface area contributed by atoms with Gasteiger partial charge in [0.05, 0.1) is 12.2 Å². The van der Waals surface area contributed by atoms with E-state index in [1.165, 1.54) is 10.8 Å². The van der Waals surface area contributed by atoms with E-state index in [0.29, 0.717) is 11.4 Å². The Balaban J connectivity index is 1.56. The lowest BCUT2D eigenvalue weighted by molar-refractivity contribution is -0.0975. The average Bonchev–Trinajstić information content (AvgIpc) is 3.09. The fourth-order valence-corrected chi connectivity index (χ4v) is 4.30. The molecule has 1 saturated heterocycles. The first-order valence-corrected chi connectivity index (χ1v) is 8.70. The zero-order valence-corrected chi connectivity index (χ0v) is 14.8. The van der Waals surface area contributed by atoms with Gasteiger partial charge in [0.2, 0.25) is 0 Å². The molecular formula is C17H24N4O4. The van der Waals surface area contributed by atoms with Gasteiger partial charge in [0.25, 0.3) is 5.56 Å². The van der Waals surface area contributed by atoms with Crippen molar-refractivity contribution >= 4 is 5.84 Å². The summed E-state index contributed by atoms with van der Waals surface area (Å²) in [7, 11) is 1.58. The molecule has 8 heteroatoms. The van der Waals surface area contributed by atoms with E-state index in [4.69, 9.17) is 9.57 Å². The molecule has 0 aromatic carbocycles. The van der Waals surface area contributed by atoms with Crippen molar-refractivity contribution in [3.05, 3.63) is 32.6 Å². The molecule has 4 rings (SSSR count). The molecular weight excluding hydrogens is 324 g/mol. The number of nitrogens with one attached hydrogen (secondary N) is 2. The lowest BCUT2D eigenvalue weighted by atomic mass is 9.68. The minimum Gasteiger partial charge on any atom is -0.375 e. The number of rotatable bonds is 1. The van der Waals surface area contributed by atoms with E-state index in [2.05, 4.69) is 29.3 Å². The molecule has 1 aromatic rings. The molecule has 0 amide bonds. The Morgan fingerprint density at radius 1 is 1.20 bits per heavy atom. The van der Waals surface area contributed by atoms with Crippen LogP contribution in [0.4, 0.5) is 0 Å². The third kappa shape index (κ3) is 2.83. The molecule has 2 aliphatic heterocycles. The Kier molecular flexibility index (Phi) is 3.49. The standard InChI is InChI=1S/C17H24N4O4/c1-15(2)9-16(10-24-15)4-6-17(7-5-16)19-12(20-25-17)11-8-21(3)14(23)18-13(11)22/h8H,4-7,9-10H2,1-3H3,(H,19,20)(H,18,22,23). The predicted octanol–water partition coefficient (Wildman–Crippen LogP) is 0.811. The van der Waals surface area contributed by atoms with E-state index >= 15 is 0 Å². The highest BCUT2D eigenvalue weighted by Gasteiger charge is 2.51. The summed E-state index contributed by atoms with van der Waals surface area (Å²) in [6.45, 7) is 5.07. The van der Waals surface area contributed by atoms with Crippen molar-refractivity contribution in [1.29, 1.82) is 0 Å². The van der Waals surface area contributed by atoms with Crippen LogP contribution in [0.3, 0.4) is 0 Å². The zero-order chi connectivity index (χ0) is 17.9. The molecule has 3 aliphatic rings. The van der Waals surface area contributed by atoms with Gasteiger partial charge in [0.1, 0.15) is 5.56 Å². The highest BCUT2D eigenvalue weighted by Crippen LogP contribution is 2.52. The molecule has 1 aromatic heterocycles. The number of hydrogen-bond acceptors (Lipinski definition) is 6. The van der Waals surface area contributed by atoms with Crippen LogP contribution in [0.2, 0.25) is 0 Å². The summed E-state index contributed by atoms with van der Waals surface area (Å²) in [4.78, 5) is 36.3. The van der Waals surface area contributed by atoms with Crippen molar-refractivity contribution in [2.75, 3.05) is 6.61 Å². The van der Waals surface area contributed by atoms with Crippen molar-refractivity contribution in [2.24, 2.45) is 17.5 Å². The molecule has 136 valence electrons. The summed E-state index contributed by atoms with van der Waals surface area (Å²) in [6.07, 6.45) is 6.07. The number of hydroxylamine groups is 1. The number of aliphatic imine (C=N–C) groups is 1. The molecule has 0 radical (unpaired) electrons. The molecule has 3 heterocycles. The van der Waals surface area contributed by atoms with E-state index in [1.54, 1.807) is 7.05 Å². The topological polar surface area (TPSA) is 97.7 Å². The number of ether oxygens (including phenoxy) is 1. The molecule has 2 N–H and O–H groups in total. The second-order valence-corrected chi connectivity index (χ2v) is 8.25. The molecule has 8 nitrogen and oxygen atoms in total. The molecule has 25 heavy (non-hydrogen) atoms. The zero-order valence-electron chi connectivity index (χ0n) is 14.8. The summed E-state index contributed by atoms with van der Waals surface area (Å²) in [5.41, 5.74) is 1.72. The van der Waals surface area contributed by atoms with Gasteiger partial charge in [0.15, 0.2) is 11.6 Å². The van der Waals surface area contributed by atoms with Gasteiger partial charge in [-0.2, -0.15) is 0 Å². The normalized spacial score (nSPS) is 33.6. The van der Waals surface area contributed by atoms with E-state index in [9.17, 15) is 9.59 Å². The Bertz CT molecular complexity index is 843. The summed E-state index contributed by atoms with van der Waals surface area (Å²) in [5.74, 6) is 0.385. The maximum atomic E-state index is 12.1. The van der Waals surface area contributed by atoms with Crippen LogP contribution in [-0.2, 0) is 16.6 Å². The van der Waals surface area contributed by atoms with Crippen LogP contribution < -0.4 is 16.7 Å². The molecule has 2 spiro atoms. The van der Waals surface area contributed by atoms with Crippen LogP contribution >= 0.6 is 0 Å². The summed E-state index contributed by atoms with van der Waals surface area (Å²) >= 11 is 0. The van der Waals surface area contributed by atoms with Crippen molar-refractivity contribution in [2.45, 2.75) is 57.3 Å². The minimum absolute atomic E-state index is 0.0597. The van der Waals surface area contributed by atoms with E-state index < -0.39 is 17.0 Å². The van der Waals surface area contributed by atoms with Crippen LogP contribution in [0.15, 0.2) is 20.8 Å². The van der Waals surface area contributed by atoms with Crippen LogP contribution in [0.1, 0.15) is 51.5 Å². The first kappa shape index (κ1) is 16.5.